The van der Waals surface area contributed by atoms with Gasteiger partial charge in [0.25, 0.3) is 0 Å². The molecule has 4 nitrogen and oxygen atoms in total. The molecule has 2 heterocycles. The number of likely N-dealkylation sites (tertiary alicyclic amines) is 1. The van der Waals surface area contributed by atoms with Crippen molar-refractivity contribution < 1.29 is 14.3 Å². The van der Waals surface area contributed by atoms with Crippen molar-refractivity contribution in [3.63, 3.8) is 0 Å². The summed E-state index contributed by atoms with van der Waals surface area (Å²) < 4.78 is 11.6. The maximum absolute atomic E-state index is 12.6. The van der Waals surface area contributed by atoms with Gasteiger partial charge in [0.15, 0.2) is 0 Å². The van der Waals surface area contributed by atoms with Crippen molar-refractivity contribution >= 4 is 6.09 Å². The van der Waals surface area contributed by atoms with Crippen molar-refractivity contribution in [2.75, 3.05) is 19.7 Å². The van der Waals surface area contributed by atoms with Crippen LogP contribution in [0.3, 0.4) is 0 Å². The summed E-state index contributed by atoms with van der Waals surface area (Å²) in [5.41, 5.74) is 3.13. The van der Waals surface area contributed by atoms with Crippen molar-refractivity contribution in [3.05, 3.63) is 54.1 Å². The summed E-state index contributed by atoms with van der Waals surface area (Å²) in [4.78, 5) is 14.4. The van der Waals surface area contributed by atoms with Crippen LogP contribution in [0.1, 0.15) is 38.7 Å². The van der Waals surface area contributed by atoms with Gasteiger partial charge in [-0.05, 0) is 61.9 Å². The lowest BCUT2D eigenvalue weighted by atomic mass is 9.86. The van der Waals surface area contributed by atoms with E-state index in [4.69, 9.17) is 9.47 Å². The van der Waals surface area contributed by atoms with Crippen LogP contribution >= 0.6 is 0 Å². The Balaban J connectivity index is 1.62. The fraction of sp³-hybridized carbons (Fsp3) is 0.435. The molecule has 1 amide bonds. The predicted octanol–water partition coefficient (Wildman–Crippen LogP) is 5.09. The number of amides is 1. The van der Waals surface area contributed by atoms with Crippen molar-refractivity contribution in [1.29, 1.82) is 0 Å². The summed E-state index contributed by atoms with van der Waals surface area (Å²) in [6.45, 7) is 7.85. The van der Waals surface area contributed by atoms with Crippen molar-refractivity contribution in [2.24, 2.45) is 5.92 Å². The average Bonchev–Trinajstić information content (AvgIpc) is 2.98. The van der Waals surface area contributed by atoms with E-state index in [0.29, 0.717) is 25.0 Å². The molecule has 0 aromatic heterocycles. The summed E-state index contributed by atoms with van der Waals surface area (Å²) in [5.74, 6) is 1.65. The third-order valence-electron chi connectivity index (χ3n) is 5.36. The number of rotatable bonds is 1. The number of hydrogen-bond donors (Lipinski definition) is 0. The first-order chi connectivity index (χ1) is 12.9. The van der Waals surface area contributed by atoms with Crippen LogP contribution in [-0.2, 0) is 4.74 Å². The predicted molar refractivity (Wildman–Crippen MR) is 106 cm³/mol. The van der Waals surface area contributed by atoms with Gasteiger partial charge in [0.05, 0.1) is 6.61 Å². The molecule has 0 aliphatic carbocycles. The molecule has 2 aromatic rings. The van der Waals surface area contributed by atoms with Crippen LogP contribution in [0, 0.1) is 5.92 Å². The van der Waals surface area contributed by atoms with Gasteiger partial charge < -0.3 is 14.4 Å². The molecule has 4 rings (SSSR count). The highest BCUT2D eigenvalue weighted by atomic mass is 16.6. The minimum atomic E-state index is -0.469. The minimum Gasteiger partial charge on any atom is -0.493 e. The Morgan fingerprint density at radius 3 is 2.59 bits per heavy atom. The topological polar surface area (TPSA) is 38.8 Å². The Labute approximate surface area is 161 Å². The molecule has 0 radical (unpaired) electrons. The largest absolute Gasteiger partial charge is 0.493 e. The molecule has 1 fully saturated rings. The van der Waals surface area contributed by atoms with Crippen LogP contribution < -0.4 is 4.74 Å². The van der Waals surface area contributed by atoms with Gasteiger partial charge >= 0.3 is 6.09 Å². The SMILES string of the molecule is CC(C)(C)OC(=O)N1C[C@@H]2CCOc3ccc(-c4ccccc4)cc3[C@H]2C1. The molecule has 0 saturated carbocycles. The van der Waals surface area contributed by atoms with Gasteiger partial charge in [-0.15, -0.1) is 0 Å². The quantitative estimate of drug-likeness (QED) is 0.707. The third-order valence-corrected chi connectivity index (χ3v) is 5.36. The Morgan fingerprint density at radius 1 is 1.07 bits per heavy atom. The third kappa shape index (κ3) is 3.80. The van der Waals surface area contributed by atoms with E-state index < -0.39 is 5.60 Å². The zero-order valence-electron chi connectivity index (χ0n) is 16.3. The average molecular weight is 365 g/mol. The molecule has 0 bridgehead atoms. The first-order valence-corrected chi connectivity index (χ1v) is 9.71. The van der Waals surface area contributed by atoms with Crippen molar-refractivity contribution in [3.8, 4) is 16.9 Å². The maximum atomic E-state index is 12.6. The Kier molecular flexibility index (Phi) is 4.58. The molecule has 2 aliphatic rings. The highest BCUT2D eigenvalue weighted by molar-refractivity contribution is 5.70. The first kappa shape index (κ1) is 17.9. The van der Waals surface area contributed by atoms with E-state index in [1.54, 1.807) is 0 Å². The Bertz CT molecular complexity index is 825. The smallest absolute Gasteiger partial charge is 0.410 e. The number of benzene rings is 2. The van der Waals surface area contributed by atoms with Gasteiger partial charge in [0.1, 0.15) is 11.4 Å². The second-order valence-electron chi connectivity index (χ2n) is 8.51. The number of ether oxygens (including phenoxy) is 2. The summed E-state index contributed by atoms with van der Waals surface area (Å²) in [5, 5.41) is 0. The summed E-state index contributed by atoms with van der Waals surface area (Å²) >= 11 is 0. The van der Waals surface area contributed by atoms with Crippen LogP contribution in [0.15, 0.2) is 48.5 Å². The fourth-order valence-corrected chi connectivity index (χ4v) is 4.09. The second-order valence-corrected chi connectivity index (χ2v) is 8.51. The number of hydrogen-bond acceptors (Lipinski definition) is 3. The molecule has 0 spiro atoms. The van der Waals surface area contributed by atoms with Crippen LogP contribution in [0.5, 0.6) is 5.75 Å². The highest BCUT2D eigenvalue weighted by Gasteiger charge is 2.40. The molecule has 0 N–H and O–H groups in total. The maximum Gasteiger partial charge on any atom is 0.410 e. The van der Waals surface area contributed by atoms with Crippen LogP contribution in [0.25, 0.3) is 11.1 Å². The van der Waals surface area contributed by atoms with Gasteiger partial charge in [-0.1, -0.05) is 36.4 Å². The van der Waals surface area contributed by atoms with Crippen LogP contribution in [-0.4, -0.2) is 36.3 Å². The summed E-state index contributed by atoms with van der Waals surface area (Å²) in [7, 11) is 0. The molecule has 2 atom stereocenters. The number of carbonyl (C=O) groups excluding carboxylic acids is 1. The Hall–Kier alpha value is -2.49. The Morgan fingerprint density at radius 2 is 1.85 bits per heavy atom. The number of carbonyl (C=O) groups is 1. The van der Waals surface area contributed by atoms with Crippen LogP contribution in [0.4, 0.5) is 4.79 Å². The molecular formula is C23H27NO3. The lowest BCUT2D eigenvalue weighted by Crippen LogP contribution is -2.35. The summed E-state index contributed by atoms with van der Waals surface area (Å²) in [6.07, 6.45) is 0.747. The van der Waals surface area contributed by atoms with Gasteiger partial charge in [0.2, 0.25) is 0 Å². The minimum absolute atomic E-state index is 0.211. The highest BCUT2D eigenvalue weighted by Crippen LogP contribution is 2.43. The molecule has 2 aromatic carbocycles. The molecular weight excluding hydrogens is 338 g/mol. The molecule has 27 heavy (non-hydrogen) atoms. The summed E-state index contributed by atoms with van der Waals surface area (Å²) in [6, 6.07) is 16.8. The fourth-order valence-electron chi connectivity index (χ4n) is 4.09. The van der Waals surface area contributed by atoms with Gasteiger partial charge in [-0.3, -0.25) is 0 Å². The molecule has 2 aliphatic heterocycles. The van der Waals surface area contributed by atoms with E-state index in [2.05, 4.69) is 42.5 Å². The normalized spacial score (nSPS) is 21.7. The number of fused-ring (bicyclic) bond motifs is 3. The second kappa shape index (κ2) is 6.91. The molecule has 4 heteroatoms. The van der Waals surface area contributed by atoms with Crippen LogP contribution in [0.2, 0.25) is 0 Å². The number of nitrogens with zero attached hydrogens (tertiary/aromatic N) is 1. The lowest BCUT2D eigenvalue weighted by Gasteiger charge is -2.24. The van der Waals surface area contributed by atoms with E-state index in [9.17, 15) is 4.79 Å². The van der Waals surface area contributed by atoms with Gasteiger partial charge in [0, 0.05) is 19.0 Å². The van der Waals surface area contributed by atoms with Gasteiger partial charge in [-0.2, -0.15) is 0 Å². The lowest BCUT2D eigenvalue weighted by molar-refractivity contribution is 0.0284. The first-order valence-electron chi connectivity index (χ1n) is 9.71. The molecule has 1 saturated heterocycles. The van der Waals surface area contributed by atoms with Gasteiger partial charge in [-0.25, -0.2) is 4.79 Å². The monoisotopic (exact) mass is 365 g/mol. The van der Waals surface area contributed by atoms with E-state index >= 15 is 0 Å². The van der Waals surface area contributed by atoms with E-state index in [1.165, 1.54) is 16.7 Å². The molecule has 142 valence electrons. The van der Waals surface area contributed by atoms with Crippen molar-refractivity contribution in [2.45, 2.75) is 38.7 Å². The zero-order valence-corrected chi connectivity index (χ0v) is 16.3. The zero-order chi connectivity index (χ0) is 19.0. The standard InChI is InChI=1S/C23H27NO3/c1-23(2,3)27-22(25)24-14-18-11-12-26-21-10-9-17(13-19(21)20(18)15-24)16-7-5-4-6-8-16/h4-10,13,18,20H,11-12,14-15H2,1-3H3/t18-,20-/m0/s1. The van der Waals surface area contributed by atoms with E-state index in [-0.39, 0.29) is 6.09 Å². The van der Waals surface area contributed by atoms with E-state index in [1.807, 2.05) is 31.7 Å². The molecule has 0 unspecified atom stereocenters. The van der Waals surface area contributed by atoms with Crippen molar-refractivity contribution in [1.82, 2.24) is 4.90 Å². The van der Waals surface area contributed by atoms with E-state index in [0.717, 1.165) is 18.7 Å².